The predicted molar refractivity (Wildman–Crippen MR) is 94.7 cm³/mol. The zero-order valence-corrected chi connectivity index (χ0v) is 13.7. The van der Waals surface area contributed by atoms with E-state index >= 15 is 0 Å². The molecule has 0 spiro atoms. The van der Waals surface area contributed by atoms with E-state index < -0.39 is 5.91 Å². The number of anilines is 1. The van der Waals surface area contributed by atoms with Crippen molar-refractivity contribution < 1.29 is 19.4 Å². The molecule has 0 aromatic heterocycles. The largest absolute Gasteiger partial charge is 0.507 e. The van der Waals surface area contributed by atoms with Gasteiger partial charge in [-0.2, -0.15) is 5.10 Å². The van der Waals surface area contributed by atoms with Crippen LogP contribution in [-0.2, 0) is 9.59 Å². The second-order valence-electron chi connectivity index (χ2n) is 5.13. The van der Waals surface area contributed by atoms with Gasteiger partial charge >= 0.3 is 0 Å². The quantitative estimate of drug-likeness (QED) is 0.531. The molecule has 0 aliphatic rings. The van der Waals surface area contributed by atoms with Crippen LogP contribution >= 0.6 is 0 Å². The molecule has 0 saturated carbocycles. The fourth-order valence-corrected chi connectivity index (χ4v) is 1.95. The number of para-hydroxylation sites is 1. The summed E-state index contributed by atoms with van der Waals surface area (Å²) < 4.78 is 5.04. The number of hydrogen-bond acceptors (Lipinski definition) is 5. The van der Waals surface area contributed by atoms with Crippen molar-refractivity contribution in [1.82, 2.24) is 5.43 Å². The zero-order valence-electron chi connectivity index (χ0n) is 13.7. The molecule has 2 amide bonds. The van der Waals surface area contributed by atoms with Crippen molar-refractivity contribution in [2.45, 2.75) is 12.8 Å². The van der Waals surface area contributed by atoms with Gasteiger partial charge in [0.2, 0.25) is 11.8 Å². The summed E-state index contributed by atoms with van der Waals surface area (Å²) >= 11 is 0. The van der Waals surface area contributed by atoms with E-state index in [0.717, 1.165) is 0 Å². The van der Waals surface area contributed by atoms with Crippen LogP contribution in [0.1, 0.15) is 18.4 Å². The maximum absolute atomic E-state index is 11.8. The van der Waals surface area contributed by atoms with Gasteiger partial charge in [0.1, 0.15) is 11.5 Å². The summed E-state index contributed by atoms with van der Waals surface area (Å²) in [6.45, 7) is 0. The molecule has 130 valence electrons. The van der Waals surface area contributed by atoms with Gasteiger partial charge in [0.25, 0.3) is 0 Å². The molecule has 0 unspecified atom stereocenters. The van der Waals surface area contributed by atoms with Crippen molar-refractivity contribution in [2.75, 3.05) is 12.4 Å². The minimum absolute atomic E-state index is 0.0000990. The summed E-state index contributed by atoms with van der Waals surface area (Å²) in [6, 6.07) is 13.5. The van der Waals surface area contributed by atoms with E-state index in [0.29, 0.717) is 17.0 Å². The van der Waals surface area contributed by atoms with E-state index in [-0.39, 0.29) is 24.5 Å². The molecule has 0 bridgehead atoms. The summed E-state index contributed by atoms with van der Waals surface area (Å²) in [7, 11) is 1.56. The van der Waals surface area contributed by atoms with Crippen molar-refractivity contribution in [2.24, 2.45) is 5.10 Å². The molecule has 0 aliphatic carbocycles. The van der Waals surface area contributed by atoms with Crippen LogP contribution in [0.3, 0.4) is 0 Å². The predicted octanol–water partition coefficient (Wildman–Crippen LogP) is 2.27. The molecule has 2 rings (SSSR count). The van der Waals surface area contributed by atoms with Crippen LogP contribution in [0.4, 0.5) is 5.69 Å². The minimum Gasteiger partial charge on any atom is -0.507 e. The average molecular weight is 341 g/mol. The number of phenolic OH excluding ortho intramolecular Hbond substituents is 1. The highest BCUT2D eigenvalue weighted by molar-refractivity contribution is 5.93. The van der Waals surface area contributed by atoms with Crippen LogP contribution in [0.5, 0.6) is 11.5 Å². The summed E-state index contributed by atoms with van der Waals surface area (Å²) in [4.78, 5) is 23.5. The summed E-state index contributed by atoms with van der Waals surface area (Å²) in [5.74, 6) is 0.0978. The molecule has 0 atom stereocenters. The number of aromatic hydroxyl groups is 1. The van der Waals surface area contributed by atoms with Gasteiger partial charge in [-0.3, -0.25) is 9.59 Å². The number of carbonyl (C=O) groups is 2. The third-order valence-corrected chi connectivity index (χ3v) is 3.28. The Hall–Kier alpha value is -3.35. The van der Waals surface area contributed by atoms with Gasteiger partial charge in [-0.05, 0) is 36.4 Å². The van der Waals surface area contributed by atoms with E-state index in [4.69, 9.17) is 4.74 Å². The highest BCUT2D eigenvalue weighted by Gasteiger charge is 2.07. The Morgan fingerprint density at radius 1 is 1.08 bits per heavy atom. The molecule has 0 saturated heterocycles. The molecule has 7 nitrogen and oxygen atoms in total. The molecule has 25 heavy (non-hydrogen) atoms. The molecule has 7 heteroatoms. The van der Waals surface area contributed by atoms with Crippen molar-refractivity contribution in [3.05, 3.63) is 54.1 Å². The van der Waals surface area contributed by atoms with Crippen molar-refractivity contribution in [3.8, 4) is 11.5 Å². The lowest BCUT2D eigenvalue weighted by molar-refractivity contribution is -0.124. The third-order valence-electron chi connectivity index (χ3n) is 3.28. The highest BCUT2D eigenvalue weighted by atomic mass is 16.5. The number of amides is 2. The Labute approximate surface area is 145 Å². The number of hydrazone groups is 1. The lowest BCUT2D eigenvalue weighted by atomic mass is 10.2. The van der Waals surface area contributed by atoms with Gasteiger partial charge in [0.15, 0.2) is 0 Å². The maximum Gasteiger partial charge on any atom is 0.240 e. The Morgan fingerprint density at radius 3 is 2.44 bits per heavy atom. The number of rotatable bonds is 7. The topological polar surface area (TPSA) is 100 Å². The number of carbonyl (C=O) groups excluding carboxylic acids is 2. The average Bonchev–Trinajstić information content (AvgIpc) is 2.62. The highest BCUT2D eigenvalue weighted by Crippen LogP contribution is 2.15. The molecular formula is C18H19N3O4. The van der Waals surface area contributed by atoms with Gasteiger partial charge in [-0.25, -0.2) is 5.43 Å². The molecule has 3 N–H and O–H groups in total. The minimum atomic E-state index is -0.392. The van der Waals surface area contributed by atoms with Crippen LogP contribution in [0.2, 0.25) is 0 Å². The van der Waals surface area contributed by atoms with Crippen molar-refractivity contribution in [1.29, 1.82) is 0 Å². The Bertz CT molecular complexity index is 757. The maximum atomic E-state index is 11.8. The normalized spacial score (nSPS) is 10.4. The Balaban J connectivity index is 1.73. The van der Waals surface area contributed by atoms with Crippen molar-refractivity contribution >= 4 is 23.7 Å². The molecule has 0 heterocycles. The standard InChI is InChI=1S/C18H19N3O4/c1-25-15-8-6-14(7-9-15)20-17(23)10-11-18(24)21-19-12-13-4-2-3-5-16(13)22/h2-9,12,22H,10-11H2,1H3,(H,20,23)(H,21,24)/b19-12+. The fraction of sp³-hybridized carbons (Fsp3) is 0.167. The lowest BCUT2D eigenvalue weighted by Gasteiger charge is -2.06. The van der Waals surface area contributed by atoms with Gasteiger partial charge < -0.3 is 15.2 Å². The first-order valence-electron chi connectivity index (χ1n) is 7.62. The van der Waals surface area contributed by atoms with Gasteiger partial charge in [0.05, 0.1) is 13.3 Å². The lowest BCUT2D eigenvalue weighted by Crippen LogP contribution is -2.20. The number of methoxy groups -OCH3 is 1. The number of hydrogen-bond donors (Lipinski definition) is 3. The summed E-state index contributed by atoms with van der Waals surface area (Å²) in [5.41, 5.74) is 3.43. The van der Waals surface area contributed by atoms with Crippen LogP contribution in [0.25, 0.3) is 0 Å². The monoisotopic (exact) mass is 341 g/mol. The number of nitrogens with one attached hydrogen (secondary N) is 2. The first-order chi connectivity index (χ1) is 12.1. The molecule has 2 aromatic rings. The smallest absolute Gasteiger partial charge is 0.240 e. The molecular weight excluding hydrogens is 322 g/mol. The zero-order chi connectivity index (χ0) is 18.1. The first-order valence-corrected chi connectivity index (χ1v) is 7.62. The van der Waals surface area contributed by atoms with E-state index in [9.17, 15) is 14.7 Å². The first kappa shape index (κ1) is 18.0. The number of nitrogens with zero attached hydrogens (tertiary/aromatic N) is 1. The van der Waals surface area contributed by atoms with Gasteiger partial charge in [-0.1, -0.05) is 12.1 Å². The van der Waals surface area contributed by atoms with Gasteiger partial charge in [0, 0.05) is 24.1 Å². The van der Waals surface area contributed by atoms with Crippen LogP contribution in [0, 0.1) is 0 Å². The van der Waals surface area contributed by atoms with E-state index in [1.54, 1.807) is 49.6 Å². The molecule has 2 aromatic carbocycles. The molecule has 0 radical (unpaired) electrons. The van der Waals surface area contributed by atoms with E-state index in [2.05, 4.69) is 15.8 Å². The summed E-state index contributed by atoms with van der Waals surface area (Å²) in [6.07, 6.45) is 1.37. The second-order valence-corrected chi connectivity index (χ2v) is 5.13. The Morgan fingerprint density at radius 2 is 1.76 bits per heavy atom. The van der Waals surface area contributed by atoms with E-state index in [1.165, 1.54) is 12.3 Å². The van der Waals surface area contributed by atoms with Crippen LogP contribution in [0.15, 0.2) is 53.6 Å². The van der Waals surface area contributed by atoms with E-state index in [1.807, 2.05) is 0 Å². The number of phenols is 1. The fourth-order valence-electron chi connectivity index (χ4n) is 1.95. The third kappa shape index (κ3) is 5.98. The molecule has 0 aliphatic heterocycles. The number of benzene rings is 2. The summed E-state index contributed by atoms with van der Waals surface area (Å²) in [5, 5.41) is 16.0. The van der Waals surface area contributed by atoms with Gasteiger partial charge in [-0.15, -0.1) is 0 Å². The van der Waals surface area contributed by atoms with Crippen LogP contribution < -0.4 is 15.5 Å². The molecule has 0 fully saturated rings. The second kappa shape index (κ2) is 9.07. The SMILES string of the molecule is COc1ccc(NC(=O)CCC(=O)N/N=C/c2ccccc2O)cc1. The van der Waals surface area contributed by atoms with Crippen molar-refractivity contribution in [3.63, 3.8) is 0 Å². The Kier molecular flexibility index (Phi) is 6.53. The van der Waals surface area contributed by atoms with Crippen LogP contribution in [-0.4, -0.2) is 30.2 Å². The number of ether oxygens (including phenoxy) is 1.